The van der Waals surface area contributed by atoms with Crippen LogP contribution in [0.1, 0.15) is 11.1 Å². The van der Waals surface area contributed by atoms with Crippen LogP contribution in [0.5, 0.6) is 0 Å². The summed E-state index contributed by atoms with van der Waals surface area (Å²) in [6.07, 6.45) is 3.46. The van der Waals surface area contributed by atoms with Crippen LogP contribution in [-0.4, -0.2) is 22.0 Å². The van der Waals surface area contributed by atoms with Gasteiger partial charge in [0.25, 0.3) is 0 Å². The zero-order valence-electron chi connectivity index (χ0n) is 13.1. The minimum absolute atomic E-state index is 0.210. The van der Waals surface area contributed by atoms with E-state index in [0.29, 0.717) is 18.7 Å². The van der Waals surface area contributed by atoms with E-state index in [1.54, 1.807) is 24.3 Å². The molecule has 0 unspecified atom stereocenters. The molecule has 0 radical (unpaired) electrons. The number of hydrogen-bond donors (Lipinski definition) is 2. The van der Waals surface area contributed by atoms with Crippen molar-refractivity contribution in [2.24, 2.45) is 0 Å². The Hall–Kier alpha value is -2.09. The molecule has 2 aromatic carbocycles. The third-order valence-corrected chi connectivity index (χ3v) is 4.73. The van der Waals surface area contributed by atoms with Gasteiger partial charge in [0, 0.05) is 13.1 Å². The molecule has 0 aliphatic rings. The molecule has 2 rings (SSSR count). The summed E-state index contributed by atoms with van der Waals surface area (Å²) in [4.78, 5) is 0.210. The first-order chi connectivity index (χ1) is 11.4. The highest BCUT2D eigenvalue weighted by molar-refractivity contribution is 7.89. The average Bonchev–Trinajstić information content (AvgIpc) is 2.58. The monoisotopic (exact) mass is 352 g/mol. The van der Waals surface area contributed by atoms with Gasteiger partial charge in [-0.2, -0.15) is 0 Å². The van der Waals surface area contributed by atoms with Crippen molar-refractivity contribution < 1.29 is 17.2 Å². The van der Waals surface area contributed by atoms with E-state index in [1.165, 1.54) is 19.2 Å². The molecule has 128 valence electrons. The Bertz CT molecular complexity index is 836. The molecule has 2 N–H and O–H groups in total. The van der Waals surface area contributed by atoms with Gasteiger partial charge in [-0.1, -0.05) is 30.4 Å². The maximum atomic E-state index is 13.1. The average molecular weight is 352 g/mol. The van der Waals surface area contributed by atoms with E-state index in [1.807, 2.05) is 6.07 Å². The Labute approximate surface area is 140 Å². The van der Waals surface area contributed by atoms with Gasteiger partial charge >= 0.3 is 0 Å². The third kappa shape index (κ3) is 4.95. The van der Waals surface area contributed by atoms with Crippen molar-refractivity contribution in [3.63, 3.8) is 0 Å². The fraction of sp³-hybridized carbons (Fsp3) is 0.176. The molecule has 0 amide bonds. The van der Waals surface area contributed by atoms with Crippen LogP contribution in [0.3, 0.4) is 0 Å². The summed E-state index contributed by atoms with van der Waals surface area (Å²) in [5.74, 6) is -1.76. The molecule has 0 aliphatic heterocycles. The SMILES string of the molecule is CNS(=O)(=O)c1cccc(CNC/C=C/c2ccc(F)c(F)c2)c1. The Morgan fingerprint density at radius 1 is 1.08 bits per heavy atom. The lowest BCUT2D eigenvalue weighted by molar-refractivity contribution is 0.508. The van der Waals surface area contributed by atoms with Crippen LogP contribution in [0.25, 0.3) is 6.08 Å². The summed E-state index contributed by atoms with van der Waals surface area (Å²) in [6.45, 7) is 0.983. The van der Waals surface area contributed by atoms with Crippen molar-refractivity contribution in [2.45, 2.75) is 11.4 Å². The largest absolute Gasteiger partial charge is 0.309 e. The lowest BCUT2D eigenvalue weighted by Gasteiger charge is -2.06. The summed E-state index contributed by atoms with van der Waals surface area (Å²) < 4.78 is 51.6. The molecule has 0 aliphatic carbocycles. The van der Waals surface area contributed by atoms with E-state index in [4.69, 9.17) is 0 Å². The Morgan fingerprint density at radius 3 is 2.58 bits per heavy atom. The standard InChI is InChI=1S/C17H18F2N2O2S/c1-20-24(22,23)15-6-2-4-14(10-15)12-21-9-3-5-13-7-8-16(18)17(19)11-13/h2-8,10-11,20-21H,9,12H2,1H3/b5-3+. The van der Waals surface area contributed by atoms with E-state index >= 15 is 0 Å². The van der Waals surface area contributed by atoms with E-state index in [-0.39, 0.29) is 4.90 Å². The normalized spacial score (nSPS) is 12.0. The molecule has 24 heavy (non-hydrogen) atoms. The Kier molecular flexibility index (Phi) is 6.19. The van der Waals surface area contributed by atoms with Crippen LogP contribution in [0.15, 0.2) is 53.4 Å². The van der Waals surface area contributed by atoms with Crippen LogP contribution in [-0.2, 0) is 16.6 Å². The highest BCUT2D eigenvalue weighted by atomic mass is 32.2. The summed E-state index contributed by atoms with van der Waals surface area (Å²) in [7, 11) is -2.09. The molecule has 7 heteroatoms. The predicted molar refractivity (Wildman–Crippen MR) is 89.8 cm³/mol. The summed E-state index contributed by atoms with van der Waals surface area (Å²) >= 11 is 0. The molecule has 0 heterocycles. The zero-order valence-corrected chi connectivity index (χ0v) is 13.9. The van der Waals surface area contributed by atoms with Gasteiger partial charge in [0.05, 0.1) is 4.90 Å². The van der Waals surface area contributed by atoms with Gasteiger partial charge in [-0.05, 0) is 42.4 Å². The lowest BCUT2D eigenvalue weighted by Crippen LogP contribution is -2.19. The van der Waals surface area contributed by atoms with Crippen molar-refractivity contribution in [3.05, 3.63) is 71.3 Å². The van der Waals surface area contributed by atoms with Crippen LogP contribution in [0.4, 0.5) is 8.78 Å². The predicted octanol–water partition coefficient (Wildman–Crippen LogP) is 2.68. The number of sulfonamides is 1. The van der Waals surface area contributed by atoms with Crippen molar-refractivity contribution in [1.29, 1.82) is 0 Å². The highest BCUT2D eigenvalue weighted by Crippen LogP contribution is 2.11. The molecule has 2 aromatic rings. The number of halogens is 2. The van der Waals surface area contributed by atoms with Crippen LogP contribution in [0, 0.1) is 11.6 Å². The van der Waals surface area contributed by atoms with Crippen LogP contribution >= 0.6 is 0 Å². The third-order valence-electron chi connectivity index (χ3n) is 3.32. The summed E-state index contributed by atoms with van der Waals surface area (Å²) in [6, 6.07) is 10.3. The van der Waals surface area contributed by atoms with E-state index in [2.05, 4.69) is 10.0 Å². The smallest absolute Gasteiger partial charge is 0.240 e. The van der Waals surface area contributed by atoms with E-state index in [0.717, 1.165) is 17.7 Å². The quantitative estimate of drug-likeness (QED) is 0.753. The maximum absolute atomic E-state index is 13.1. The first kappa shape index (κ1) is 18.3. The molecule has 0 saturated carbocycles. The van der Waals surface area contributed by atoms with Crippen molar-refractivity contribution in [3.8, 4) is 0 Å². The van der Waals surface area contributed by atoms with E-state index < -0.39 is 21.7 Å². The van der Waals surface area contributed by atoms with Crippen molar-refractivity contribution >= 4 is 16.1 Å². The molecular weight excluding hydrogens is 334 g/mol. The Balaban J connectivity index is 1.89. The minimum Gasteiger partial charge on any atom is -0.309 e. The molecule has 0 fully saturated rings. The summed E-state index contributed by atoms with van der Waals surface area (Å²) in [5, 5.41) is 3.12. The van der Waals surface area contributed by atoms with Gasteiger partial charge in [0.1, 0.15) is 0 Å². The fourth-order valence-electron chi connectivity index (χ4n) is 2.05. The number of nitrogens with one attached hydrogen (secondary N) is 2. The summed E-state index contributed by atoms with van der Waals surface area (Å²) in [5.41, 5.74) is 1.39. The molecule has 0 bridgehead atoms. The second kappa shape index (κ2) is 8.14. The first-order valence-electron chi connectivity index (χ1n) is 7.27. The number of rotatable bonds is 7. The molecule has 0 atom stereocenters. The van der Waals surface area contributed by atoms with Crippen LogP contribution in [0.2, 0.25) is 0 Å². The molecule has 4 nitrogen and oxygen atoms in total. The van der Waals surface area contributed by atoms with Gasteiger partial charge in [-0.3, -0.25) is 0 Å². The van der Waals surface area contributed by atoms with Gasteiger partial charge in [-0.25, -0.2) is 21.9 Å². The second-order valence-corrected chi connectivity index (χ2v) is 6.95. The van der Waals surface area contributed by atoms with E-state index in [9.17, 15) is 17.2 Å². The molecule has 0 saturated heterocycles. The molecule has 0 aromatic heterocycles. The number of hydrogen-bond acceptors (Lipinski definition) is 3. The highest BCUT2D eigenvalue weighted by Gasteiger charge is 2.10. The van der Waals surface area contributed by atoms with Crippen LogP contribution < -0.4 is 10.0 Å². The molecule has 0 spiro atoms. The Morgan fingerprint density at radius 2 is 1.88 bits per heavy atom. The fourth-order valence-corrected chi connectivity index (χ4v) is 2.85. The number of benzene rings is 2. The maximum Gasteiger partial charge on any atom is 0.240 e. The van der Waals surface area contributed by atoms with Crippen molar-refractivity contribution in [1.82, 2.24) is 10.0 Å². The van der Waals surface area contributed by atoms with Crippen molar-refractivity contribution in [2.75, 3.05) is 13.6 Å². The van der Waals surface area contributed by atoms with Gasteiger partial charge in [0.2, 0.25) is 10.0 Å². The second-order valence-electron chi connectivity index (χ2n) is 5.06. The van der Waals surface area contributed by atoms with Gasteiger partial charge in [-0.15, -0.1) is 0 Å². The minimum atomic E-state index is -3.46. The topological polar surface area (TPSA) is 58.2 Å². The lowest BCUT2D eigenvalue weighted by atomic mass is 10.2. The first-order valence-corrected chi connectivity index (χ1v) is 8.75. The van der Waals surface area contributed by atoms with Gasteiger partial charge in [0.15, 0.2) is 11.6 Å². The van der Waals surface area contributed by atoms with Gasteiger partial charge < -0.3 is 5.32 Å². The molecular formula is C17H18F2N2O2S. The zero-order chi connectivity index (χ0) is 17.6.